The van der Waals surface area contributed by atoms with Crippen molar-refractivity contribution >= 4 is 16.0 Å². The molecule has 0 aliphatic heterocycles. The molecule has 0 unspecified atom stereocenters. The third-order valence-corrected chi connectivity index (χ3v) is 2.44. The molecule has 1 aromatic heterocycles. The minimum absolute atomic E-state index is 0.102. The number of aromatic nitrogens is 1. The highest BCUT2D eigenvalue weighted by molar-refractivity contribution is 7.85. The summed E-state index contributed by atoms with van der Waals surface area (Å²) in [6, 6.07) is 3.10. The Hall–Kier alpha value is -1.47. The van der Waals surface area contributed by atoms with Crippen LogP contribution in [0.3, 0.4) is 0 Å². The summed E-state index contributed by atoms with van der Waals surface area (Å²) in [6.07, 6.45) is 2.41. The molecule has 0 saturated carbocycles. The SMILES string of the molecule is CN(C)C(=O)c1cc(COS(C)(=O)=O)ccn1. The third-order valence-electron chi connectivity index (χ3n) is 1.89. The van der Waals surface area contributed by atoms with E-state index < -0.39 is 10.1 Å². The standard InChI is InChI=1S/C10H14N2O4S/c1-12(2)10(13)9-6-8(4-5-11-9)7-16-17(3,14)15/h4-6H,7H2,1-3H3. The first-order valence-electron chi connectivity index (χ1n) is 4.80. The molecule has 0 N–H and O–H groups in total. The van der Waals surface area contributed by atoms with Crippen LogP contribution in [-0.2, 0) is 20.9 Å². The number of hydrogen-bond donors (Lipinski definition) is 0. The Morgan fingerprint density at radius 1 is 1.47 bits per heavy atom. The van der Waals surface area contributed by atoms with Crippen LogP contribution in [0.4, 0.5) is 0 Å². The van der Waals surface area contributed by atoms with Crippen molar-refractivity contribution in [1.82, 2.24) is 9.88 Å². The fraction of sp³-hybridized carbons (Fsp3) is 0.400. The maximum absolute atomic E-state index is 11.6. The van der Waals surface area contributed by atoms with Crippen LogP contribution in [0.5, 0.6) is 0 Å². The lowest BCUT2D eigenvalue weighted by Gasteiger charge is -2.10. The minimum Gasteiger partial charge on any atom is -0.343 e. The maximum Gasteiger partial charge on any atom is 0.271 e. The molecule has 1 amide bonds. The van der Waals surface area contributed by atoms with Gasteiger partial charge in [-0.3, -0.25) is 14.0 Å². The van der Waals surface area contributed by atoms with E-state index in [4.69, 9.17) is 0 Å². The molecule has 0 aliphatic rings. The molecule has 1 aromatic rings. The Bertz CT molecular complexity index is 511. The van der Waals surface area contributed by atoms with E-state index in [-0.39, 0.29) is 18.2 Å². The Morgan fingerprint density at radius 2 is 2.12 bits per heavy atom. The number of hydrogen-bond acceptors (Lipinski definition) is 5. The van der Waals surface area contributed by atoms with Crippen LogP contribution in [0.2, 0.25) is 0 Å². The summed E-state index contributed by atoms with van der Waals surface area (Å²) < 4.78 is 26.3. The zero-order valence-electron chi connectivity index (χ0n) is 9.87. The fourth-order valence-electron chi connectivity index (χ4n) is 1.09. The summed E-state index contributed by atoms with van der Waals surface area (Å²) in [5.41, 5.74) is 0.834. The average Bonchev–Trinajstić information content (AvgIpc) is 2.24. The zero-order chi connectivity index (χ0) is 13.1. The summed E-state index contributed by atoms with van der Waals surface area (Å²) in [4.78, 5) is 16.9. The average molecular weight is 258 g/mol. The summed E-state index contributed by atoms with van der Waals surface area (Å²) in [6.45, 7) is -0.102. The first-order chi connectivity index (χ1) is 7.79. The molecule has 17 heavy (non-hydrogen) atoms. The van der Waals surface area contributed by atoms with E-state index in [2.05, 4.69) is 9.17 Å². The lowest BCUT2D eigenvalue weighted by atomic mass is 10.2. The minimum atomic E-state index is -3.49. The molecule has 0 spiro atoms. The summed E-state index contributed by atoms with van der Waals surface area (Å²) >= 11 is 0. The van der Waals surface area contributed by atoms with E-state index >= 15 is 0 Å². The number of rotatable bonds is 4. The largest absolute Gasteiger partial charge is 0.343 e. The second kappa shape index (κ2) is 5.24. The molecule has 0 atom stereocenters. The number of carbonyl (C=O) groups is 1. The molecule has 1 rings (SSSR count). The van der Waals surface area contributed by atoms with Crippen molar-refractivity contribution < 1.29 is 17.4 Å². The molecule has 0 aliphatic carbocycles. The van der Waals surface area contributed by atoms with Crippen LogP contribution in [0.15, 0.2) is 18.3 Å². The Balaban J connectivity index is 2.83. The topological polar surface area (TPSA) is 76.6 Å². The predicted octanol–water partition coefficient (Wildman–Crippen LogP) is 0.260. The molecule has 0 bridgehead atoms. The van der Waals surface area contributed by atoms with Crippen LogP contribution in [0.25, 0.3) is 0 Å². The van der Waals surface area contributed by atoms with Crippen LogP contribution >= 0.6 is 0 Å². The molecule has 0 fully saturated rings. The lowest BCUT2D eigenvalue weighted by Crippen LogP contribution is -2.22. The summed E-state index contributed by atoms with van der Waals surface area (Å²) in [5, 5.41) is 0. The van der Waals surface area contributed by atoms with Gasteiger partial charge < -0.3 is 4.90 Å². The third kappa shape index (κ3) is 4.49. The van der Waals surface area contributed by atoms with Crippen molar-refractivity contribution in [3.8, 4) is 0 Å². The molecule has 0 radical (unpaired) electrons. The number of carbonyl (C=O) groups excluding carboxylic acids is 1. The number of amides is 1. The van der Waals surface area contributed by atoms with Crippen molar-refractivity contribution in [1.29, 1.82) is 0 Å². The molecule has 7 heteroatoms. The van der Waals surface area contributed by atoms with Crippen LogP contribution in [-0.4, -0.2) is 44.6 Å². The van der Waals surface area contributed by atoms with Crippen molar-refractivity contribution in [2.24, 2.45) is 0 Å². The normalized spacial score (nSPS) is 11.2. The van der Waals surface area contributed by atoms with E-state index in [1.165, 1.54) is 17.2 Å². The highest BCUT2D eigenvalue weighted by Crippen LogP contribution is 2.06. The zero-order valence-corrected chi connectivity index (χ0v) is 10.7. The molecule has 1 heterocycles. The van der Waals surface area contributed by atoms with Crippen molar-refractivity contribution in [2.45, 2.75) is 6.61 Å². The van der Waals surface area contributed by atoms with E-state index in [1.54, 1.807) is 20.2 Å². The van der Waals surface area contributed by atoms with Gasteiger partial charge in [-0.15, -0.1) is 0 Å². The first-order valence-corrected chi connectivity index (χ1v) is 6.62. The van der Waals surface area contributed by atoms with Crippen molar-refractivity contribution in [3.05, 3.63) is 29.6 Å². The summed E-state index contributed by atoms with van der Waals surface area (Å²) in [7, 11) is -0.258. The first kappa shape index (κ1) is 13.6. The van der Waals surface area contributed by atoms with Gasteiger partial charge in [0, 0.05) is 20.3 Å². The van der Waals surface area contributed by atoms with E-state index in [0.717, 1.165) is 6.26 Å². The Kier molecular flexibility index (Phi) is 4.19. The molecule has 6 nitrogen and oxygen atoms in total. The monoisotopic (exact) mass is 258 g/mol. The smallest absolute Gasteiger partial charge is 0.271 e. The molecule has 0 aromatic carbocycles. The van der Waals surface area contributed by atoms with Crippen LogP contribution in [0.1, 0.15) is 16.1 Å². The van der Waals surface area contributed by atoms with Gasteiger partial charge in [-0.1, -0.05) is 0 Å². The lowest BCUT2D eigenvalue weighted by molar-refractivity contribution is 0.0822. The second-order valence-electron chi connectivity index (χ2n) is 3.72. The van der Waals surface area contributed by atoms with Gasteiger partial charge >= 0.3 is 0 Å². The molecular weight excluding hydrogens is 244 g/mol. The van der Waals surface area contributed by atoms with Crippen LogP contribution in [0, 0.1) is 0 Å². The van der Waals surface area contributed by atoms with Gasteiger partial charge in [0.15, 0.2) is 0 Å². The fourth-order valence-corrected chi connectivity index (χ4v) is 1.44. The van der Waals surface area contributed by atoms with E-state index in [0.29, 0.717) is 5.56 Å². The number of nitrogens with zero attached hydrogens (tertiary/aromatic N) is 2. The highest BCUT2D eigenvalue weighted by atomic mass is 32.2. The Labute approximate surface area is 100 Å². The predicted molar refractivity (Wildman–Crippen MR) is 61.9 cm³/mol. The van der Waals surface area contributed by atoms with Crippen LogP contribution < -0.4 is 0 Å². The van der Waals surface area contributed by atoms with Gasteiger partial charge in [0.05, 0.1) is 12.9 Å². The Morgan fingerprint density at radius 3 is 2.65 bits per heavy atom. The summed E-state index contributed by atoms with van der Waals surface area (Å²) in [5.74, 6) is -0.244. The molecule has 94 valence electrons. The van der Waals surface area contributed by atoms with Crippen molar-refractivity contribution in [2.75, 3.05) is 20.4 Å². The molecular formula is C10H14N2O4S. The second-order valence-corrected chi connectivity index (χ2v) is 5.36. The quantitative estimate of drug-likeness (QED) is 0.724. The van der Waals surface area contributed by atoms with E-state index in [1.807, 2.05) is 0 Å². The van der Waals surface area contributed by atoms with Gasteiger partial charge in [0.1, 0.15) is 5.69 Å². The van der Waals surface area contributed by atoms with Crippen molar-refractivity contribution in [3.63, 3.8) is 0 Å². The van der Waals surface area contributed by atoms with Gasteiger partial charge in [-0.2, -0.15) is 8.42 Å². The van der Waals surface area contributed by atoms with E-state index in [9.17, 15) is 13.2 Å². The van der Waals surface area contributed by atoms with Gasteiger partial charge in [0.25, 0.3) is 16.0 Å². The molecule has 0 saturated heterocycles. The van der Waals surface area contributed by atoms with Gasteiger partial charge in [0.2, 0.25) is 0 Å². The maximum atomic E-state index is 11.6. The number of pyridine rings is 1. The van der Waals surface area contributed by atoms with Gasteiger partial charge in [-0.05, 0) is 17.7 Å². The van der Waals surface area contributed by atoms with Gasteiger partial charge in [-0.25, -0.2) is 0 Å². The highest BCUT2D eigenvalue weighted by Gasteiger charge is 2.10.